The first-order chi connectivity index (χ1) is 6.16. The van der Waals surface area contributed by atoms with Crippen LogP contribution >= 0.6 is 15.9 Å². The minimum absolute atomic E-state index is 0.243. The van der Waals surface area contributed by atoms with E-state index in [9.17, 15) is 4.79 Å². The van der Waals surface area contributed by atoms with E-state index in [2.05, 4.69) is 30.9 Å². The zero-order chi connectivity index (χ0) is 9.42. The summed E-state index contributed by atoms with van der Waals surface area (Å²) in [5.41, 5.74) is 1.03. The number of halogens is 1. The second-order valence-electron chi connectivity index (χ2n) is 2.48. The maximum atomic E-state index is 11.1. The Balaban J connectivity index is 2.89. The summed E-state index contributed by atoms with van der Waals surface area (Å²) in [6.07, 6.45) is 1.44. The zero-order valence-electron chi connectivity index (χ0n) is 6.41. The van der Waals surface area contributed by atoms with E-state index in [1.807, 2.05) is 0 Å². The van der Waals surface area contributed by atoms with Crippen LogP contribution in [0.3, 0.4) is 0 Å². The first kappa shape index (κ1) is 8.43. The SMILES string of the molecule is [B]c1cnc2cc(Br)c(=O)[nH]c2n1. The van der Waals surface area contributed by atoms with Gasteiger partial charge in [0.25, 0.3) is 5.56 Å². The zero-order valence-corrected chi connectivity index (χ0v) is 8.00. The van der Waals surface area contributed by atoms with Crippen molar-refractivity contribution in [1.29, 1.82) is 0 Å². The van der Waals surface area contributed by atoms with E-state index < -0.39 is 0 Å². The molecule has 13 heavy (non-hydrogen) atoms. The summed E-state index contributed by atoms with van der Waals surface area (Å²) >= 11 is 3.09. The van der Waals surface area contributed by atoms with Crippen molar-refractivity contribution in [2.75, 3.05) is 0 Å². The Morgan fingerprint density at radius 3 is 3.08 bits per heavy atom. The quantitative estimate of drug-likeness (QED) is 0.648. The summed E-state index contributed by atoms with van der Waals surface area (Å²) in [6, 6.07) is 1.60. The minimum Gasteiger partial charge on any atom is -0.304 e. The molecule has 0 fully saturated rings. The highest BCUT2D eigenvalue weighted by Crippen LogP contribution is 2.07. The summed E-state index contributed by atoms with van der Waals surface area (Å²) in [4.78, 5) is 21.6. The van der Waals surface area contributed by atoms with Gasteiger partial charge in [0, 0.05) is 11.8 Å². The van der Waals surface area contributed by atoms with E-state index in [0.717, 1.165) is 0 Å². The lowest BCUT2D eigenvalue weighted by Crippen LogP contribution is -2.14. The Kier molecular flexibility index (Phi) is 1.92. The molecule has 2 radical (unpaired) electrons. The molecule has 0 aromatic carbocycles. The normalized spacial score (nSPS) is 10.5. The molecule has 2 aromatic heterocycles. The van der Waals surface area contributed by atoms with Crippen LogP contribution in [0.1, 0.15) is 0 Å². The highest BCUT2D eigenvalue weighted by atomic mass is 79.9. The number of nitrogens with one attached hydrogen (secondary N) is 1. The van der Waals surface area contributed by atoms with Gasteiger partial charge in [-0.25, -0.2) is 4.98 Å². The van der Waals surface area contributed by atoms with Crippen LogP contribution in [0.25, 0.3) is 11.2 Å². The molecule has 0 saturated carbocycles. The van der Waals surface area contributed by atoms with Crippen LogP contribution in [-0.2, 0) is 0 Å². The Morgan fingerprint density at radius 1 is 1.54 bits per heavy atom. The largest absolute Gasteiger partial charge is 0.304 e. The Morgan fingerprint density at radius 2 is 2.31 bits per heavy atom. The second-order valence-corrected chi connectivity index (χ2v) is 3.33. The molecule has 0 spiro atoms. The molecule has 4 nitrogen and oxygen atoms in total. The first-order valence-corrected chi connectivity index (χ1v) is 4.27. The van der Waals surface area contributed by atoms with E-state index in [1.54, 1.807) is 6.07 Å². The van der Waals surface area contributed by atoms with E-state index in [1.165, 1.54) is 6.20 Å². The molecule has 0 atom stereocenters. The van der Waals surface area contributed by atoms with Gasteiger partial charge in [-0.2, -0.15) is 0 Å². The topological polar surface area (TPSA) is 58.6 Å². The summed E-state index contributed by atoms with van der Waals surface area (Å²) in [7, 11) is 5.40. The second kappa shape index (κ2) is 2.95. The van der Waals surface area contributed by atoms with Gasteiger partial charge < -0.3 is 4.98 Å². The van der Waals surface area contributed by atoms with Crippen LogP contribution in [0.4, 0.5) is 0 Å². The maximum Gasteiger partial charge on any atom is 0.263 e. The van der Waals surface area contributed by atoms with E-state index >= 15 is 0 Å². The summed E-state index contributed by atoms with van der Waals surface area (Å²) in [6.45, 7) is 0. The lowest BCUT2D eigenvalue weighted by atomic mass is 10.1. The first-order valence-electron chi connectivity index (χ1n) is 3.48. The number of H-pyrrole nitrogens is 1. The van der Waals surface area contributed by atoms with Crippen molar-refractivity contribution in [3.05, 3.63) is 27.1 Å². The molecule has 0 bridgehead atoms. The average Bonchev–Trinajstić information content (AvgIpc) is 2.08. The molecule has 0 aliphatic carbocycles. The Bertz CT molecular complexity index is 525. The number of nitrogens with zero attached hydrogens (tertiary/aromatic N) is 2. The number of fused-ring (bicyclic) bond motifs is 1. The molecule has 0 unspecified atom stereocenters. The molecule has 0 aliphatic rings. The van der Waals surface area contributed by atoms with Crippen LogP contribution in [0, 0.1) is 0 Å². The fraction of sp³-hybridized carbons (Fsp3) is 0. The molecule has 0 amide bonds. The van der Waals surface area contributed by atoms with Gasteiger partial charge in [0.1, 0.15) is 13.4 Å². The van der Waals surface area contributed by atoms with Gasteiger partial charge in [-0.1, -0.05) is 0 Å². The minimum atomic E-state index is -0.243. The number of hydrogen-bond acceptors (Lipinski definition) is 3. The maximum absolute atomic E-state index is 11.1. The van der Waals surface area contributed by atoms with Crippen molar-refractivity contribution in [3.63, 3.8) is 0 Å². The van der Waals surface area contributed by atoms with Gasteiger partial charge in [-0.05, 0) is 22.0 Å². The van der Waals surface area contributed by atoms with Crippen LogP contribution in [-0.4, -0.2) is 22.8 Å². The summed E-state index contributed by atoms with van der Waals surface area (Å²) in [5.74, 6) is 0. The fourth-order valence-corrected chi connectivity index (χ4v) is 1.28. The molecular formula is C7H3BBrN3O. The van der Waals surface area contributed by atoms with E-state index in [0.29, 0.717) is 15.6 Å². The lowest BCUT2D eigenvalue weighted by Gasteiger charge is -1.97. The molecule has 6 heteroatoms. The van der Waals surface area contributed by atoms with Crippen molar-refractivity contribution in [2.45, 2.75) is 0 Å². The highest BCUT2D eigenvalue weighted by Gasteiger charge is 2.01. The molecule has 2 aromatic rings. The van der Waals surface area contributed by atoms with E-state index in [-0.39, 0.29) is 11.2 Å². The van der Waals surface area contributed by atoms with Gasteiger partial charge >= 0.3 is 0 Å². The van der Waals surface area contributed by atoms with Crippen LogP contribution in [0.15, 0.2) is 21.5 Å². The molecule has 0 saturated heterocycles. The van der Waals surface area contributed by atoms with Crippen molar-refractivity contribution in [1.82, 2.24) is 15.0 Å². The third-order valence-corrected chi connectivity index (χ3v) is 2.12. The molecule has 62 valence electrons. The summed E-state index contributed by atoms with van der Waals surface area (Å²) < 4.78 is 0.430. The summed E-state index contributed by atoms with van der Waals surface area (Å²) in [5, 5.41) is 0. The monoisotopic (exact) mass is 235 g/mol. The predicted octanol–water partition coefficient (Wildman–Crippen LogP) is -0.126. The number of pyridine rings is 1. The smallest absolute Gasteiger partial charge is 0.263 e. The Hall–Kier alpha value is -1.17. The average molecular weight is 236 g/mol. The van der Waals surface area contributed by atoms with Crippen molar-refractivity contribution >= 4 is 40.5 Å². The number of rotatable bonds is 0. The highest BCUT2D eigenvalue weighted by molar-refractivity contribution is 9.10. The molecular weight excluding hydrogens is 233 g/mol. The number of aromatic nitrogens is 3. The predicted molar refractivity (Wildman–Crippen MR) is 53.2 cm³/mol. The molecule has 2 rings (SSSR count). The molecule has 2 heterocycles. The van der Waals surface area contributed by atoms with Crippen molar-refractivity contribution in [2.24, 2.45) is 0 Å². The van der Waals surface area contributed by atoms with Gasteiger partial charge in [0.2, 0.25) is 0 Å². The fourth-order valence-electron chi connectivity index (χ4n) is 0.963. The molecule has 1 N–H and O–H groups in total. The van der Waals surface area contributed by atoms with Crippen LogP contribution < -0.4 is 11.2 Å². The third-order valence-electron chi connectivity index (χ3n) is 1.53. The van der Waals surface area contributed by atoms with Crippen LogP contribution in [0.2, 0.25) is 0 Å². The molecule has 0 aliphatic heterocycles. The number of hydrogen-bond donors (Lipinski definition) is 1. The van der Waals surface area contributed by atoms with Gasteiger partial charge in [0.15, 0.2) is 5.65 Å². The number of aromatic amines is 1. The van der Waals surface area contributed by atoms with Gasteiger partial charge in [-0.3, -0.25) is 9.78 Å². The van der Waals surface area contributed by atoms with Gasteiger partial charge in [-0.15, -0.1) is 0 Å². The lowest BCUT2D eigenvalue weighted by molar-refractivity contribution is 1.20. The Labute approximate surface area is 83.0 Å². The van der Waals surface area contributed by atoms with Crippen molar-refractivity contribution < 1.29 is 0 Å². The third kappa shape index (κ3) is 1.49. The van der Waals surface area contributed by atoms with E-state index in [4.69, 9.17) is 7.85 Å². The standard InChI is InChI=1S/C7H3BBrN3O/c8-5-2-10-4-1-3(9)7(13)12-6(4)11-5/h1-2H,(H,11,12,13). The van der Waals surface area contributed by atoms with Crippen molar-refractivity contribution in [3.8, 4) is 0 Å². The van der Waals surface area contributed by atoms with Crippen LogP contribution in [0.5, 0.6) is 0 Å². The van der Waals surface area contributed by atoms with Gasteiger partial charge in [0.05, 0.1) is 4.47 Å².